The lowest BCUT2D eigenvalue weighted by Gasteiger charge is -2.22. The van der Waals surface area contributed by atoms with Gasteiger partial charge in [-0.3, -0.25) is 19.7 Å². The Balaban J connectivity index is 1.71. The molecule has 2 amide bonds. The number of nitro benzene ring substituents is 1. The molecule has 8 nitrogen and oxygen atoms in total. The number of anilines is 1. The summed E-state index contributed by atoms with van der Waals surface area (Å²) in [5.74, 6) is -1.22. The van der Waals surface area contributed by atoms with Crippen LogP contribution in [0.25, 0.3) is 11.3 Å². The molecular formula is C22H21ClN4O4S. The third-order valence-corrected chi connectivity index (χ3v) is 5.80. The summed E-state index contributed by atoms with van der Waals surface area (Å²) in [5, 5.41) is 19.4. The van der Waals surface area contributed by atoms with Gasteiger partial charge in [-0.05, 0) is 37.1 Å². The molecule has 0 radical (unpaired) electrons. The van der Waals surface area contributed by atoms with Gasteiger partial charge >= 0.3 is 0 Å². The fourth-order valence-electron chi connectivity index (χ4n) is 2.99. The third kappa shape index (κ3) is 5.49. The fraction of sp³-hybridized carbons (Fsp3) is 0.227. The van der Waals surface area contributed by atoms with Crippen LogP contribution in [0.4, 0.5) is 11.4 Å². The number of aryl methyl sites for hydroxylation is 1. The zero-order chi connectivity index (χ0) is 23.4. The van der Waals surface area contributed by atoms with E-state index in [0.717, 1.165) is 22.3 Å². The molecule has 0 aliphatic heterocycles. The van der Waals surface area contributed by atoms with Crippen LogP contribution >= 0.6 is 22.9 Å². The van der Waals surface area contributed by atoms with Crippen molar-refractivity contribution in [1.82, 2.24) is 10.3 Å². The predicted molar refractivity (Wildman–Crippen MR) is 125 cm³/mol. The van der Waals surface area contributed by atoms with Crippen LogP contribution in [0.5, 0.6) is 0 Å². The number of rotatable bonds is 7. The summed E-state index contributed by atoms with van der Waals surface area (Å²) >= 11 is 7.37. The Morgan fingerprint density at radius 2 is 1.84 bits per heavy atom. The lowest BCUT2D eigenvalue weighted by Crippen LogP contribution is -2.47. The first kappa shape index (κ1) is 23.4. The highest BCUT2D eigenvalue weighted by Crippen LogP contribution is 2.26. The van der Waals surface area contributed by atoms with Crippen molar-refractivity contribution in [2.45, 2.75) is 26.8 Å². The van der Waals surface area contributed by atoms with Gasteiger partial charge in [0, 0.05) is 28.3 Å². The Morgan fingerprint density at radius 1 is 1.16 bits per heavy atom. The number of nitro groups is 1. The highest BCUT2D eigenvalue weighted by atomic mass is 35.5. The van der Waals surface area contributed by atoms with E-state index < -0.39 is 22.8 Å². The highest BCUT2D eigenvalue weighted by Gasteiger charge is 2.26. The number of carbonyl (C=O) groups is 2. The van der Waals surface area contributed by atoms with Crippen LogP contribution in [0, 0.1) is 23.0 Å². The van der Waals surface area contributed by atoms with Crippen LogP contribution in [-0.4, -0.2) is 27.8 Å². The summed E-state index contributed by atoms with van der Waals surface area (Å²) < 4.78 is 0. The van der Waals surface area contributed by atoms with Crippen molar-refractivity contribution in [3.8, 4) is 11.3 Å². The van der Waals surface area contributed by atoms with Gasteiger partial charge in [-0.25, -0.2) is 4.98 Å². The normalized spacial score (nSPS) is 11.8. The van der Waals surface area contributed by atoms with Crippen LogP contribution in [0.1, 0.15) is 29.2 Å². The molecular weight excluding hydrogens is 452 g/mol. The number of hydrogen-bond acceptors (Lipinski definition) is 6. The molecule has 1 heterocycles. The van der Waals surface area contributed by atoms with Crippen molar-refractivity contribution < 1.29 is 14.5 Å². The second-order valence-corrected chi connectivity index (χ2v) is 8.91. The fourth-order valence-corrected chi connectivity index (χ4v) is 3.80. The number of amides is 2. The van der Waals surface area contributed by atoms with E-state index in [1.54, 1.807) is 37.3 Å². The first-order valence-corrected chi connectivity index (χ1v) is 11.0. The summed E-state index contributed by atoms with van der Waals surface area (Å²) in [6.07, 6.45) is 0. The molecule has 0 saturated carbocycles. The Labute approximate surface area is 193 Å². The lowest BCUT2D eigenvalue weighted by molar-refractivity contribution is -0.384. The maximum atomic E-state index is 12.8. The van der Waals surface area contributed by atoms with E-state index in [1.807, 2.05) is 24.4 Å². The molecule has 32 heavy (non-hydrogen) atoms. The first-order chi connectivity index (χ1) is 15.2. The van der Waals surface area contributed by atoms with E-state index in [9.17, 15) is 19.7 Å². The smallest absolute Gasteiger partial charge is 0.288 e. The van der Waals surface area contributed by atoms with Crippen LogP contribution in [-0.2, 0) is 4.79 Å². The summed E-state index contributed by atoms with van der Waals surface area (Å²) in [6, 6.07) is 10.2. The predicted octanol–water partition coefficient (Wildman–Crippen LogP) is 5.07. The number of hydrogen-bond donors (Lipinski definition) is 2. The van der Waals surface area contributed by atoms with E-state index >= 15 is 0 Å². The van der Waals surface area contributed by atoms with Crippen molar-refractivity contribution in [2.75, 3.05) is 5.32 Å². The minimum atomic E-state index is -0.849. The Morgan fingerprint density at radius 3 is 2.41 bits per heavy atom. The van der Waals surface area contributed by atoms with Crippen molar-refractivity contribution in [3.05, 3.63) is 73.6 Å². The molecule has 0 aliphatic carbocycles. The number of benzene rings is 2. The van der Waals surface area contributed by atoms with E-state index in [1.165, 1.54) is 12.1 Å². The molecule has 0 fully saturated rings. The molecule has 0 bridgehead atoms. The molecule has 0 aliphatic rings. The van der Waals surface area contributed by atoms with Gasteiger partial charge < -0.3 is 10.6 Å². The van der Waals surface area contributed by atoms with Gasteiger partial charge in [-0.1, -0.05) is 37.6 Å². The number of halogens is 1. The first-order valence-electron chi connectivity index (χ1n) is 9.74. The molecule has 0 spiro atoms. The van der Waals surface area contributed by atoms with Crippen LogP contribution < -0.4 is 10.6 Å². The van der Waals surface area contributed by atoms with Gasteiger partial charge in [0.15, 0.2) is 0 Å². The molecule has 2 N–H and O–H groups in total. The lowest BCUT2D eigenvalue weighted by atomic mass is 10.0. The summed E-state index contributed by atoms with van der Waals surface area (Å²) in [4.78, 5) is 40.3. The second kappa shape index (κ2) is 9.88. The minimum Gasteiger partial charge on any atom is -0.340 e. The maximum absolute atomic E-state index is 12.8. The van der Waals surface area contributed by atoms with E-state index in [2.05, 4.69) is 15.6 Å². The number of nitrogens with one attached hydrogen (secondary N) is 2. The number of aromatic nitrogens is 1. The Kier molecular flexibility index (Phi) is 7.22. The van der Waals surface area contributed by atoms with E-state index in [0.29, 0.717) is 5.69 Å². The van der Waals surface area contributed by atoms with Crippen LogP contribution in [0.3, 0.4) is 0 Å². The molecule has 166 valence electrons. The van der Waals surface area contributed by atoms with Crippen molar-refractivity contribution in [1.29, 1.82) is 0 Å². The quantitative estimate of drug-likeness (QED) is 0.368. The third-order valence-electron chi connectivity index (χ3n) is 4.71. The van der Waals surface area contributed by atoms with Gasteiger partial charge in [0.25, 0.3) is 11.6 Å². The number of carbonyl (C=O) groups excluding carboxylic acids is 2. The minimum absolute atomic E-state index is 0.0439. The summed E-state index contributed by atoms with van der Waals surface area (Å²) in [7, 11) is 0. The molecule has 0 unspecified atom stereocenters. The van der Waals surface area contributed by atoms with E-state index in [4.69, 9.17) is 11.6 Å². The maximum Gasteiger partial charge on any atom is 0.288 e. The highest BCUT2D eigenvalue weighted by molar-refractivity contribution is 7.09. The molecule has 1 aromatic heterocycles. The van der Waals surface area contributed by atoms with Gasteiger partial charge in [-0.15, -0.1) is 11.3 Å². The molecule has 0 saturated heterocycles. The van der Waals surface area contributed by atoms with Gasteiger partial charge in [0.05, 0.1) is 15.6 Å². The largest absolute Gasteiger partial charge is 0.340 e. The van der Waals surface area contributed by atoms with E-state index in [-0.39, 0.29) is 22.2 Å². The molecule has 10 heteroatoms. The van der Waals surface area contributed by atoms with Crippen molar-refractivity contribution in [3.63, 3.8) is 0 Å². The SMILES string of the molecule is Cc1nc(-c2ccc(NC(=O)[C@@H](NC(=O)c3ccc(Cl)c([N+](=O)[O-])c3)C(C)C)cc2)cs1. The van der Waals surface area contributed by atoms with Crippen LogP contribution in [0.2, 0.25) is 5.02 Å². The molecule has 1 atom stereocenters. The average molecular weight is 473 g/mol. The van der Waals surface area contributed by atoms with Crippen molar-refractivity contribution >= 4 is 46.1 Å². The number of thiazole rings is 1. The zero-order valence-corrected chi connectivity index (χ0v) is 19.2. The molecule has 3 aromatic rings. The summed E-state index contributed by atoms with van der Waals surface area (Å²) in [6.45, 7) is 5.52. The Hall–Kier alpha value is -3.30. The monoisotopic (exact) mass is 472 g/mol. The van der Waals surface area contributed by atoms with Gasteiger partial charge in [-0.2, -0.15) is 0 Å². The topological polar surface area (TPSA) is 114 Å². The van der Waals surface area contributed by atoms with Gasteiger partial charge in [0.1, 0.15) is 11.1 Å². The van der Waals surface area contributed by atoms with Gasteiger partial charge in [0.2, 0.25) is 5.91 Å². The zero-order valence-electron chi connectivity index (χ0n) is 17.6. The average Bonchev–Trinajstić information content (AvgIpc) is 3.18. The Bertz CT molecular complexity index is 1160. The molecule has 2 aromatic carbocycles. The number of nitrogens with zero attached hydrogens (tertiary/aromatic N) is 2. The molecule has 3 rings (SSSR count). The standard InChI is InChI=1S/C22H21ClN4O4S/c1-12(2)20(26-21(28)15-6-9-17(23)19(10-15)27(30)31)22(29)25-16-7-4-14(5-8-16)18-11-32-13(3)24-18/h4-12,20H,1-3H3,(H,25,29)(H,26,28)/t20-/m0/s1. The van der Waals surface area contributed by atoms with Crippen LogP contribution in [0.15, 0.2) is 47.8 Å². The summed E-state index contributed by atoms with van der Waals surface area (Å²) in [5.41, 5.74) is 2.05. The second-order valence-electron chi connectivity index (χ2n) is 7.44. The van der Waals surface area contributed by atoms with Crippen molar-refractivity contribution in [2.24, 2.45) is 5.92 Å².